The number of amides is 1. The predicted octanol–water partition coefficient (Wildman–Crippen LogP) is 4.20. The van der Waals surface area contributed by atoms with Gasteiger partial charge in [-0.1, -0.05) is 24.1 Å². The minimum absolute atomic E-state index is 0.157. The monoisotopic (exact) mass is 490 g/mol. The molecule has 1 amide bonds. The Hall–Kier alpha value is -2.44. The number of methoxy groups -OCH3 is 1. The molecular weight excluding hydrogens is 475 g/mol. The maximum absolute atomic E-state index is 12.3. The van der Waals surface area contributed by atoms with Crippen LogP contribution in [-0.4, -0.2) is 24.8 Å². The van der Waals surface area contributed by atoms with E-state index in [0.29, 0.717) is 21.6 Å². The van der Waals surface area contributed by atoms with Gasteiger partial charge in [-0.25, -0.2) is 4.99 Å². The summed E-state index contributed by atoms with van der Waals surface area (Å²) in [6, 6.07) is 13.2. The zero-order chi connectivity index (χ0) is 19.2. The van der Waals surface area contributed by atoms with Gasteiger partial charge in [0.1, 0.15) is 6.61 Å². The van der Waals surface area contributed by atoms with E-state index in [9.17, 15) is 4.79 Å². The van der Waals surface area contributed by atoms with Gasteiger partial charge in [0.05, 0.1) is 21.3 Å². The number of rotatable bonds is 5. The molecular formula is C20H15IN2O3S. The molecule has 0 radical (unpaired) electrons. The Labute approximate surface area is 175 Å². The number of hydrogen-bond donors (Lipinski definition) is 1. The number of halogens is 1. The van der Waals surface area contributed by atoms with Crippen molar-refractivity contribution in [2.24, 2.45) is 4.99 Å². The molecule has 0 aromatic heterocycles. The fraction of sp³-hybridized carbons (Fsp3) is 0.100. The number of aliphatic imine (C=N–C) groups is 1. The molecule has 1 aliphatic heterocycles. The number of benzene rings is 2. The summed E-state index contributed by atoms with van der Waals surface area (Å²) in [6.45, 7) is 0.157. The van der Waals surface area contributed by atoms with Gasteiger partial charge in [-0.3, -0.25) is 4.79 Å². The van der Waals surface area contributed by atoms with Crippen LogP contribution < -0.4 is 14.8 Å². The molecule has 0 saturated carbocycles. The van der Waals surface area contributed by atoms with Crippen LogP contribution in [0.2, 0.25) is 0 Å². The summed E-state index contributed by atoms with van der Waals surface area (Å²) in [7, 11) is 1.56. The standard InChI is InChI=1S/C20H15IN2O3S/c1-3-9-26-18-15(21)10-13(11-16(18)25-2)12-17-19(24)23-20(27-17)22-14-7-5-4-6-8-14/h1,4-8,10-12H,9H2,2H3,(H,22,23,24). The van der Waals surface area contributed by atoms with Gasteiger partial charge in [0.15, 0.2) is 16.7 Å². The number of carbonyl (C=O) groups excluding carboxylic acids is 1. The first-order valence-electron chi connectivity index (χ1n) is 7.89. The number of hydrogen-bond acceptors (Lipinski definition) is 5. The highest BCUT2D eigenvalue weighted by molar-refractivity contribution is 14.1. The first-order chi connectivity index (χ1) is 13.1. The molecule has 1 aliphatic rings. The Bertz CT molecular complexity index is 965. The average molecular weight is 490 g/mol. The molecule has 5 nitrogen and oxygen atoms in total. The molecule has 0 bridgehead atoms. The first kappa shape index (κ1) is 19.3. The van der Waals surface area contributed by atoms with Crippen LogP contribution in [-0.2, 0) is 4.79 Å². The van der Waals surface area contributed by atoms with Gasteiger partial charge in [-0.05, 0) is 70.3 Å². The van der Waals surface area contributed by atoms with Crippen LogP contribution in [0.3, 0.4) is 0 Å². The van der Waals surface area contributed by atoms with Crippen molar-refractivity contribution in [2.45, 2.75) is 0 Å². The predicted molar refractivity (Wildman–Crippen MR) is 117 cm³/mol. The average Bonchev–Trinajstić information content (AvgIpc) is 3.00. The van der Waals surface area contributed by atoms with E-state index >= 15 is 0 Å². The SMILES string of the molecule is C#CCOc1c(I)cc(C=C2SC(=Nc3ccccc3)NC2=O)cc1OC. The fourth-order valence-electron chi connectivity index (χ4n) is 2.33. The Morgan fingerprint density at radius 1 is 1.33 bits per heavy atom. The van der Waals surface area contributed by atoms with Crippen molar-refractivity contribution in [3.8, 4) is 23.8 Å². The lowest BCUT2D eigenvalue weighted by atomic mass is 10.2. The highest BCUT2D eigenvalue weighted by atomic mass is 127. The van der Waals surface area contributed by atoms with Crippen LogP contribution in [0.4, 0.5) is 5.69 Å². The Kier molecular flexibility index (Phi) is 6.42. The fourth-order valence-corrected chi connectivity index (χ4v) is 3.95. The summed E-state index contributed by atoms with van der Waals surface area (Å²) < 4.78 is 11.8. The van der Waals surface area contributed by atoms with Crippen molar-refractivity contribution in [1.29, 1.82) is 0 Å². The lowest BCUT2D eigenvalue weighted by Crippen LogP contribution is -2.19. The van der Waals surface area contributed by atoms with Gasteiger partial charge in [-0.2, -0.15) is 0 Å². The molecule has 7 heteroatoms. The molecule has 1 heterocycles. The summed E-state index contributed by atoms with van der Waals surface area (Å²) in [5, 5.41) is 3.33. The van der Waals surface area contributed by atoms with E-state index in [4.69, 9.17) is 15.9 Å². The van der Waals surface area contributed by atoms with Crippen molar-refractivity contribution in [3.05, 3.63) is 56.5 Å². The zero-order valence-corrected chi connectivity index (χ0v) is 17.3. The maximum atomic E-state index is 12.3. The van der Waals surface area contributed by atoms with Gasteiger partial charge >= 0.3 is 0 Å². The van der Waals surface area contributed by atoms with Gasteiger partial charge < -0.3 is 14.8 Å². The number of ether oxygens (including phenoxy) is 2. The lowest BCUT2D eigenvalue weighted by molar-refractivity contribution is -0.115. The Morgan fingerprint density at radius 2 is 2.11 bits per heavy atom. The van der Waals surface area contributed by atoms with Crippen LogP contribution in [0.15, 0.2) is 52.4 Å². The van der Waals surface area contributed by atoms with Crippen molar-refractivity contribution in [3.63, 3.8) is 0 Å². The van der Waals surface area contributed by atoms with Crippen molar-refractivity contribution in [1.82, 2.24) is 5.32 Å². The second kappa shape index (κ2) is 8.97. The molecule has 1 fully saturated rings. The van der Waals surface area contributed by atoms with Gasteiger partial charge in [0.25, 0.3) is 5.91 Å². The van der Waals surface area contributed by atoms with Gasteiger partial charge in [-0.15, -0.1) is 6.42 Å². The second-order valence-corrected chi connectivity index (χ2v) is 7.54. The molecule has 27 heavy (non-hydrogen) atoms. The van der Waals surface area contributed by atoms with Crippen molar-refractivity contribution >= 4 is 57.2 Å². The molecule has 0 spiro atoms. The number of para-hydroxylation sites is 1. The van der Waals surface area contributed by atoms with E-state index < -0.39 is 0 Å². The number of thioether (sulfide) groups is 1. The van der Waals surface area contributed by atoms with E-state index in [0.717, 1.165) is 14.8 Å². The molecule has 0 unspecified atom stereocenters. The summed E-state index contributed by atoms with van der Waals surface area (Å²) in [5.74, 6) is 3.40. The van der Waals surface area contributed by atoms with Crippen LogP contribution in [0.25, 0.3) is 6.08 Å². The van der Waals surface area contributed by atoms with E-state index in [2.05, 4.69) is 38.8 Å². The Morgan fingerprint density at radius 3 is 2.81 bits per heavy atom. The summed E-state index contributed by atoms with van der Waals surface area (Å²) in [6.07, 6.45) is 7.05. The van der Waals surface area contributed by atoms with E-state index in [1.165, 1.54) is 11.8 Å². The molecule has 1 N–H and O–H groups in total. The second-order valence-electron chi connectivity index (χ2n) is 5.34. The summed E-state index contributed by atoms with van der Waals surface area (Å²) >= 11 is 3.45. The number of carbonyl (C=O) groups is 1. The smallest absolute Gasteiger partial charge is 0.264 e. The first-order valence-corrected chi connectivity index (χ1v) is 9.78. The van der Waals surface area contributed by atoms with Crippen LogP contribution in [0.5, 0.6) is 11.5 Å². The number of nitrogens with zero attached hydrogens (tertiary/aromatic N) is 1. The van der Waals surface area contributed by atoms with E-state index in [1.807, 2.05) is 36.4 Å². The highest BCUT2D eigenvalue weighted by Gasteiger charge is 2.24. The van der Waals surface area contributed by atoms with Gasteiger partial charge in [0.2, 0.25) is 0 Å². The maximum Gasteiger partial charge on any atom is 0.264 e. The molecule has 1 saturated heterocycles. The third-order valence-electron chi connectivity index (χ3n) is 3.49. The lowest BCUT2D eigenvalue weighted by Gasteiger charge is -2.12. The number of terminal acetylenes is 1. The summed E-state index contributed by atoms with van der Waals surface area (Å²) in [4.78, 5) is 17.3. The molecule has 2 aromatic rings. The largest absolute Gasteiger partial charge is 0.493 e. The van der Waals surface area contributed by atoms with Crippen LogP contribution >= 0.6 is 34.4 Å². The van der Waals surface area contributed by atoms with Crippen molar-refractivity contribution < 1.29 is 14.3 Å². The molecule has 0 aliphatic carbocycles. The quantitative estimate of drug-likeness (QED) is 0.388. The van der Waals surface area contributed by atoms with E-state index in [-0.39, 0.29) is 12.5 Å². The third-order valence-corrected chi connectivity index (χ3v) is 5.20. The molecule has 3 rings (SSSR count). The summed E-state index contributed by atoms with van der Waals surface area (Å²) in [5.41, 5.74) is 1.61. The number of nitrogens with one attached hydrogen (secondary N) is 1. The Balaban J connectivity index is 1.86. The zero-order valence-electron chi connectivity index (χ0n) is 14.4. The molecule has 2 aromatic carbocycles. The van der Waals surface area contributed by atoms with Crippen molar-refractivity contribution in [2.75, 3.05) is 13.7 Å². The molecule has 0 atom stereocenters. The van der Waals surface area contributed by atoms with E-state index in [1.54, 1.807) is 19.3 Å². The highest BCUT2D eigenvalue weighted by Crippen LogP contribution is 2.36. The molecule has 136 valence electrons. The minimum atomic E-state index is -0.184. The topological polar surface area (TPSA) is 59.9 Å². The third kappa shape index (κ3) is 4.84. The van der Waals surface area contributed by atoms with Gasteiger partial charge in [0, 0.05) is 0 Å². The normalized spacial score (nSPS) is 16.3. The van der Waals surface area contributed by atoms with Crippen LogP contribution in [0, 0.1) is 15.9 Å². The number of amidine groups is 1. The van der Waals surface area contributed by atoms with Crippen LogP contribution in [0.1, 0.15) is 5.56 Å². The minimum Gasteiger partial charge on any atom is -0.493 e.